The van der Waals surface area contributed by atoms with E-state index in [1.54, 1.807) is 12.4 Å². The summed E-state index contributed by atoms with van der Waals surface area (Å²) in [6.07, 6.45) is 8.20. The number of ether oxygens (including phenoxy) is 1. The van der Waals surface area contributed by atoms with Crippen molar-refractivity contribution in [3.63, 3.8) is 0 Å². The molecule has 3 rings (SSSR count). The lowest BCUT2D eigenvalue weighted by molar-refractivity contribution is -0.127. The summed E-state index contributed by atoms with van der Waals surface area (Å²) >= 11 is 0. The summed E-state index contributed by atoms with van der Waals surface area (Å²) in [7, 11) is 1.52. The third kappa shape index (κ3) is 4.65. The van der Waals surface area contributed by atoms with Crippen LogP contribution in [0.15, 0.2) is 36.7 Å². The van der Waals surface area contributed by atoms with Crippen LogP contribution >= 0.6 is 0 Å². The van der Waals surface area contributed by atoms with Gasteiger partial charge in [-0.1, -0.05) is 43.5 Å². The molecule has 1 amide bonds. The van der Waals surface area contributed by atoms with Crippen LogP contribution in [-0.4, -0.2) is 34.6 Å². The summed E-state index contributed by atoms with van der Waals surface area (Å²) in [5.41, 5.74) is 8.22. The van der Waals surface area contributed by atoms with Crippen molar-refractivity contribution in [2.45, 2.75) is 50.1 Å². The van der Waals surface area contributed by atoms with Gasteiger partial charge in [0.05, 0.1) is 18.7 Å². The standard InChI is InChI=1S/C21H25N5O2/c1-28-20-24-13-17(14-25-20)16-7-5-15(6-8-16)11-18(12-22)26-19(27)21(23)9-3-2-4-10-21/h5-8,13-14,18H,2-4,9-11,23H2,1H3,(H,26,27). The predicted octanol–water partition coefficient (Wildman–Crippen LogP) is 2.36. The van der Waals surface area contributed by atoms with Gasteiger partial charge in [0.15, 0.2) is 0 Å². The maximum atomic E-state index is 12.6. The van der Waals surface area contributed by atoms with Gasteiger partial charge in [-0.3, -0.25) is 4.79 Å². The van der Waals surface area contributed by atoms with E-state index in [1.165, 1.54) is 7.11 Å². The molecule has 7 heteroatoms. The highest BCUT2D eigenvalue weighted by molar-refractivity contribution is 5.86. The number of nitrogens with zero attached hydrogens (tertiary/aromatic N) is 3. The monoisotopic (exact) mass is 379 g/mol. The Balaban J connectivity index is 1.63. The van der Waals surface area contributed by atoms with E-state index in [0.717, 1.165) is 36.0 Å². The van der Waals surface area contributed by atoms with E-state index in [4.69, 9.17) is 10.5 Å². The number of rotatable bonds is 6. The molecule has 1 saturated carbocycles. The lowest BCUT2D eigenvalue weighted by atomic mass is 9.81. The number of amides is 1. The van der Waals surface area contributed by atoms with E-state index >= 15 is 0 Å². The fourth-order valence-corrected chi connectivity index (χ4v) is 3.48. The summed E-state index contributed by atoms with van der Waals surface area (Å²) in [5.74, 6) is -0.217. The molecule has 3 N–H and O–H groups in total. The minimum absolute atomic E-state index is 0.217. The van der Waals surface area contributed by atoms with Crippen molar-refractivity contribution in [3.8, 4) is 23.2 Å². The average molecular weight is 379 g/mol. The number of hydrogen-bond acceptors (Lipinski definition) is 6. The second-order valence-electron chi connectivity index (χ2n) is 7.23. The molecule has 0 aliphatic heterocycles. The van der Waals surface area contributed by atoms with E-state index in [0.29, 0.717) is 25.3 Å². The van der Waals surface area contributed by atoms with Crippen LogP contribution in [0.5, 0.6) is 6.01 Å². The van der Waals surface area contributed by atoms with Gasteiger partial charge in [-0.2, -0.15) is 5.26 Å². The van der Waals surface area contributed by atoms with E-state index in [9.17, 15) is 10.1 Å². The Morgan fingerprint density at radius 1 is 1.21 bits per heavy atom. The largest absolute Gasteiger partial charge is 0.467 e. The molecule has 1 atom stereocenters. The maximum absolute atomic E-state index is 12.6. The van der Waals surface area contributed by atoms with Crippen molar-refractivity contribution >= 4 is 5.91 Å². The zero-order valence-electron chi connectivity index (χ0n) is 16.0. The van der Waals surface area contributed by atoms with Gasteiger partial charge in [0.2, 0.25) is 5.91 Å². The van der Waals surface area contributed by atoms with Crippen molar-refractivity contribution in [2.75, 3.05) is 7.11 Å². The lowest BCUT2D eigenvalue weighted by Crippen LogP contribution is -2.57. The number of carbonyl (C=O) groups excluding carboxylic acids is 1. The van der Waals surface area contributed by atoms with Crippen LogP contribution in [0.1, 0.15) is 37.7 Å². The van der Waals surface area contributed by atoms with Crippen molar-refractivity contribution in [1.29, 1.82) is 5.26 Å². The second kappa shape index (κ2) is 8.81. The molecule has 1 heterocycles. The highest BCUT2D eigenvalue weighted by Gasteiger charge is 2.36. The molecule has 0 spiro atoms. The zero-order valence-corrected chi connectivity index (χ0v) is 16.0. The minimum Gasteiger partial charge on any atom is -0.467 e. The molecule has 2 aromatic rings. The Morgan fingerprint density at radius 3 is 2.43 bits per heavy atom. The quantitative estimate of drug-likeness (QED) is 0.796. The number of methoxy groups -OCH3 is 1. The first-order chi connectivity index (χ1) is 13.5. The summed E-state index contributed by atoms with van der Waals surface area (Å²) < 4.78 is 4.97. The van der Waals surface area contributed by atoms with Gasteiger partial charge < -0.3 is 15.8 Å². The first-order valence-corrected chi connectivity index (χ1v) is 9.49. The van der Waals surface area contributed by atoms with Crippen molar-refractivity contribution in [2.24, 2.45) is 5.73 Å². The van der Waals surface area contributed by atoms with Gasteiger partial charge >= 0.3 is 6.01 Å². The fourth-order valence-electron chi connectivity index (χ4n) is 3.48. The van der Waals surface area contributed by atoms with Crippen LogP contribution in [-0.2, 0) is 11.2 Å². The van der Waals surface area contributed by atoms with Crippen LogP contribution in [0.25, 0.3) is 11.1 Å². The maximum Gasteiger partial charge on any atom is 0.316 e. The smallest absolute Gasteiger partial charge is 0.316 e. The Bertz CT molecular complexity index is 837. The Kier molecular flexibility index (Phi) is 6.22. The van der Waals surface area contributed by atoms with E-state index < -0.39 is 11.6 Å². The molecule has 1 aromatic carbocycles. The van der Waals surface area contributed by atoms with Gasteiger partial charge in [0, 0.05) is 24.4 Å². The van der Waals surface area contributed by atoms with Crippen molar-refractivity contribution < 1.29 is 9.53 Å². The number of benzene rings is 1. The number of carbonyl (C=O) groups is 1. The second-order valence-corrected chi connectivity index (χ2v) is 7.23. The SMILES string of the molecule is COc1ncc(-c2ccc(CC(C#N)NC(=O)C3(N)CCCCC3)cc2)cn1. The first-order valence-electron chi connectivity index (χ1n) is 9.49. The lowest BCUT2D eigenvalue weighted by Gasteiger charge is -2.32. The fraction of sp³-hybridized carbons (Fsp3) is 0.429. The number of nitrogens with one attached hydrogen (secondary N) is 1. The molecule has 1 fully saturated rings. The summed E-state index contributed by atoms with van der Waals surface area (Å²) in [4.78, 5) is 20.8. The van der Waals surface area contributed by atoms with Crippen LogP contribution in [0.3, 0.4) is 0 Å². The molecule has 28 heavy (non-hydrogen) atoms. The molecule has 0 radical (unpaired) electrons. The van der Waals surface area contributed by atoms with E-state index in [1.807, 2.05) is 24.3 Å². The Hall–Kier alpha value is -2.98. The summed E-state index contributed by atoms with van der Waals surface area (Å²) in [5, 5.41) is 12.3. The highest BCUT2D eigenvalue weighted by atomic mass is 16.5. The van der Waals surface area contributed by atoms with Crippen LogP contribution in [0, 0.1) is 11.3 Å². The Morgan fingerprint density at radius 2 is 1.86 bits per heavy atom. The van der Waals surface area contributed by atoms with Crippen LogP contribution < -0.4 is 15.8 Å². The van der Waals surface area contributed by atoms with Crippen LogP contribution in [0.2, 0.25) is 0 Å². The topological polar surface area (TPSA) is 114 Å². The third-order valence-electron chi connectivity index (χ3n) is 5.20. The van der Waals surface area contributed by atoms with Gasteiger partial charge in [-0.05, 0) is 24.0 Å². The molecule has 0 saturated heterocycles. The molecule has 1 aliphatic rings. The van der Waals surface area contributed by atoms with Gasteiger partial charge in [-0.15, -0.1) is 0 Å². The molecule has 7 nitrogen and oxygen atoms in total. The Labute approximate surface area is 164 Å². The zero-order chi connectivity index (χ0) is 20.0. The molecular weight excluding hydrogens is 354 g/mol. The van der Waals surface area contributed by atoms with E-state index in [2.05, 4.69) is 21.4 Å². The minimum atomic E-state index is -0.842. The molecule has 0 bridgehead atoms. The van der Waals surface area contributed by atoms with Crippen molar-refractivity contribution in [1.82, 2.24) is 15.3 Å². The average Bonchev–Trinajstić information content (AvgIpc) is 2.74. The molecule has 1 aliphatic carbocycles. The molecule has 1 aromatic heterocycles. The summed E-state index contributed by atoms with van der Waals surface area (Å²) in [6.45, 7) is 0. The summed E-state index contributed by atoms with van der Waals surface area (Å²) in [6, 6.07) is 9.66. The van der Waals surface area contributed by atoms with Gasteiger partial charge in [-0.25, -0.2) is 9.97 Å². The van der Waals surface area contributed by atoms with Crippen LogP contribution in [0.4, 0.5) is 0 Å². The highest BCUT2D eigenvalue weighted by Crippen LogP contribution is 2.26. The number of aromatic nitrogens is 2. The number of hydrogen-bond donors (Lipinski definition) is 2. The number of nitrogens with two attached hydrogens (primary N) is 1. The molecular formula is C21H25N5O2. The normalized spacial score (nSPS) is 16.6. The third-order valence-corrected chi connectivity index (χ3v) is 5.20. The predicted molar refractivity (Wildman–Crippen MR) is 105 cm³/mol. The van der Waals surface area contributed by atoms with Gasteiger partial charge in [0.25, 0.3) is 0 Å². The number of nitriles is 1. The van der Waals surface area contributed by atoms with Gasteiger partial charge in [0.1, 0.15) is 6.04 Å². The van der Waals surface area contributed by atoms with E-state index in [-0.39, 0.29) is 5.91 Å². The molecule has 1 unspecified atom stereocenters. The van der Waals surface area contributed by atoms with Crippen molar-refractivity contribution in [3.05, 3.63) is 42.2 Å². The molecule has 146 valence electrons. The first kappa shape index (κ1) is 19.8.